The summed E-state index contributed by atoms with van der Waals surface area (Å²) in [5.41, 5.74) is 2.72. The molecule has 9 heteroatoms. The normalized spacial score (nSPS) is 14.8. The van der Waals surface area contributed by atoms with Crippen molar-refractivity contribution in [2.45, 2.75) is 12.7 Å². The highest BCUT2D eigenvalue weighted by Gasteiger charge is 2.24. The fourth-order valence-corrected chi connectivity index (χ4v) is 3.00. The van der Waals surface area contributed by atoms with E-state index in [2.05, 4.69) is 25.3 Å². The summed E-state index contributed by atoms with van der Waals surface area (Å²) in [6.45, 7) is 2.34. The van der Waals surface area contributed by atoms with E-state index >= 15 is 0 Å². The third-order valence-electron chi connectivity index (χ3n) is 4.39. The second-order valence-corrected chi connectivity index (χ2v) is 6.46. The first-order valence-corrected chi connectivity index (χ1v) is 9.40. The molecule has 152 valence electrons. The maximum absolute atomic E-state index is 13.4. The Morgan fingerprint density at radius 3 is 2.72 bits per heavy atom. The first kappa shape index (κ1) is 19.4. The van der Waals surface area contributed by atoms with Crippen molar-refractivity contribution < 1.29 is 18.6 Å². The number of H-pyrrole nitrogens is 1. The topological polar surface area (TPSA) is 94.2 Å². The van der Waals surface area contributed by atoms with Crippen LogP contribution in [-0.4, -0.2) is 53.4 Å². The standard InChI is InChI=1S/C20H22FN5O3/c1-27-12-9-23-20-22-8-7-15(24-20)17-16(13-3-5-14(21)6-4-13)25-18(26-17)19-28-10-2-11-29-19/h3-8,19H,2,9-12H2,1H3,(H,25,26)(H,22,23,24). The van der Waals surface area contributed by atoms with Crippen molar-refractivity contribution in [3.05, 3.63) is 48.2 Å². The second kappa shape index (κ2) is 9.08. The highest BCUT2D eigenvalue weighted by atomic mass is 19.1. The molecule has 2 N–H and O–H groups in total. The lowest BCUT2D eigenvalue weighted by Gasteiger charge is -2.21. The molecule has 0 amide bonds. The molecular formula is C20H22FN5O3. The van der Waals surface area contributed by atoms with Crippen molar-refractivity contribution in [2.24, 2.45) is 0 Å². The zero-order valence-electron chi connectivity index (χ0n) is 16.0. The van der Waals surface area contributed by atoms with E-state index in [1.807, 2.05) is 0 Å². The Morgan fingerprint density at radius 1 is 1.17 bits per heavy atom. The minimum absolute atomic E-state index is 0.309. The Bertz CT molecular complexity index is 942. The molecule has 0 spiro atoms. The maximum Gasteiger partial charge on any atom is 0.223 e. The lowest BCUT2D eigenvalue weighted by atomic mass is 10.1. The van der Waals surface area contributed by atoms with Gasteiger partial charge in [0.25, 0.3) is 0 Å². The number of halogens is 1. The molecule has 0 saturated carbocycles. The van der Waals surface area contributed by atoms with Crippen molar-refractivity contribution in [3.8, 4) is 22.6 Å². The number of benzene rings is 1. The molecule has 0 bridgehead atoms. The van der Waals surface area contributed by atoms with Crippen LogP contribution in [0, 0.1) is 5.82 Å². The summed E-state index contributed by atoms with van der Waals surface area (Å²) in [7, 11) is 1.63. The Labute approximate surface area is 167 Å². The van der Waals surface area contributed by atoms with Gasteiger partial charge in [-0.05, 0) is 36.8 Å². The number of rotatable bonds is 7. The molecule has 2 aromatic heterocycles. The highest BCUT2D eigenvalue weighted by Crippen LogP contribution is 2.32. The van der Waals surface area contributed by atoms with Gasteiger partial charge in [-0.25, -0.2) is 19.3 Å². The van der Waals surface area contributed by atoms with Crippen LogP contribution in [0.5, 0.6) is 0 Å². The molecule has 1 aromatic carbocycles. The summed E-state index contributed by atoms with van der Waals surface area (Å²) in [6, 6.07) is 7.95. The van der Waals surface area contributed by atoms with Gasteiger partial charge in [0.05, 0.1) is 36.9 Å². The quantitative estimate of drug-likeness (QED) is 0.589. The molecule has 0 unspecified atom stereocenters. The molecule has 1 aliphatic heterocycles. The lowest BCUT2D eigenvalue weighted by molar-refractivity contribution is -0.186. The number of nitrogens with one attached hydrogen (secondary N) is 2. The summed E-state index contributed by atoms with van der Waals surface area (Å²) in [6.07, 6.45) is 1.94. The minimum atomic E-state index is -0.571. The van der Waals surface area contributed by atoms with Crippen molar-refractivity contribution in [1.29, 1.82) is 0 Å². The van der Waals surface area contributed by atoms with Crippen LogP contribution in [0.4, 0.5) is 10.3 Å². The van der Waals surface area contributed by atoms with E-state index in [1.54, 1.807) is 31.5 Å². The van der Waals surface area contributed by atoms with Crippen molar-refractivity contribution >= 4 is 5.95 Å². The smallest absolute Gasteiger partial charge is 0.223 e. The first-order valence-electron chi connectivity index (χ1n) is 9.40. The molecule has 1 saturated heterocycles. The van der Waals surface area contributed by atoms with Gasteiger partial charge in [-0.3, -0.25) is 0 Å². The molecule has 0 radical (unpaired) electrons. The summed E-state index contributed by atoms with van der Waals surface area (Å²) in [5, 5.41) is 3.11. The third kappa shape index (κ3) is 4.58. The summed E-state index contributed by atoms with van der Waals surface area (Å²) in [5.74, 6) is 0.717. The number of hydrogen-bond donors (Lipinski definition) is 2. The number of anilines is 1. The number of ether oxygens (including phenoxy) is 3. The first-order chi connectivity index (χ1) is 14.2. The Kier molecular flexibility index (Phi) is 6.09. The van der Waals surface area contributed by atoms with E-state index in [0.717, 1.165) is 12.0 Å². The van der Waals surface area contributed by atoms with Gasteiger partial charge < -0.3 is 24.5 Å². The van der Waals surface area contributed by atoms with Crippen molar-refractivity contribution in [2.75, 3.05) is 38.8 Å². The molecule has 29 heavy (non-hydrogen) atoms. The van der Waals surface area contributed by atoms with Crippen LogP contribution in [0.25, 0.3) is 22.6 Å². The molecular weight excluding hydrogens is 377 g/mol. The van der Waals surface area contributed by atoms with Gasteiger partial charge in [0.15, 0.2) is 5.82 Å². The van der Waals surface area contributed by atoms with Crippen LogP contribution in [0.1, 0.15) is 18.5 Å². The van der Waals surface area contributed by atoms with Gasteiger partial charge in [-0.15, -0.1) is 0 Å². The van der Waals surface area contributed by atoms with E-state index in [4.69, 9.17) is 14.2 Å². The molecule has 0 atom stereocenters. The maximum atomic E-state index is 13.4. The molecule has 3 aromatic rings. The molecule has 0 aliphatic carbocycles. The average molecular weight is 399 g/mol. The van der Waals surface area contributed by atoms with E-state index < -0.39 is 6.29 Å². The van der Waals surface area contributed by atoms with Gasteiger partial charge in [0.1, 0.15) is 5.82 Å². The number of imidazole rings is 1. The number of hydrogen-bond acceptors (Lipinski definition) is 7. The molecule has 1 fully saturated rings. The Hall–Kier alpha value is -2.88. The molecule has 1 aliphatic rings. The summed E-state index contributed by atoms with van der Waals surface area (Å²) in [4.78, 5) is 16.8. The van der Waals surface area contributed by atoms with E-state index in [-0.39, 0.29) is 5.82 Å². The number of methoxy groups -OCH3 is 1. The lowest BCUT2D eigenvalue weighted by Crippen LogP contribution is -2.18. The highest BCUT2D eigenvalue weighted by molar-refractivity contribution is 5.77. The Morgan fingerprint density at radius 2 is 1.97 bits per heavy atom. The third-order valence-corrected chi connectivity index (χ3v) is 4.39. The Balaban J connectivity index is 1.71. The van der Waals surface area contributed by atoms with Crippen LogP contribution < -0.4 is 5.32 Å². The van der Waals surface area contributed by atoms with E-state index in [9.17, 15) is 4.39 Å². The summed E-state index contributed by atoms with van der Waals surface area (Å²) < 4.78 is 29.8. The predicted molar refractivity (Wildman–Crippen MR) is 105 cm³/mol. The molecule has 4 rings (SSSR count). The zero-order chi connectivity index (χ0) is 20.1. The van der Waals surface area contributed by atoms with Crippen LogP contribution in [0.15, 0.2) is 36.5 Å². The van der Waals surface area contributed by atoms with Gasteiger partial charge in [0, 0.05) is 25.4 Å². The van der Waals surface area contributed by atoms with Crippen molar-refractivity contribution in [3.63, 3.8) is 0 Å². The monoisotopic (exact) mass is 399 g/mol. The number of aromatic nitrogens is 4. The second-order valence-electron chi connectivity index (χ2n) is 6.46. The number of aromatic amines is 1. The largest absolute Gasteiger partial charge is 0.383 e. The SMILES string of the molecule is COCCNc1nccc(-c2[nH]c(C3OCCCO3)nc2-c2ccc(F)cc2)n1. The van der Waals surface area contributed by atoms with Gasteiger partial charge >= 0.3 is 0 Å². The minimum Gasteiger partial charge on any atom is -0.383 e. The molecule has 8 nitrogen and oxygen atoms in total. The fraction of sp³-hybridized carbons (Fsp3) is 0.350. The fourth-order valence-electron chi connectivity index (χ4n) is 3.00. The van der Waals surface area contributed by atoms with Gasteiger partial charge in [-0.1, -0.05) is 0 Å². The van der Waals surface area contributed by atoms with Gasteiger partial charge in [-0.2, -0.15) is 0 Å². The van der Waals surface area contributed by atoms with E-state index in [0.29, 0.717) is 55.2 Å². The summed E-state index contributed by atoms with van der Waals surface area (Å²) >= 11 is 0. The number of nitrogens with zero attached hydrogens (tertiary/aromatic N) is 3. The zero-order valence-corrected chi connectivity index (χ0v) is 16.0. The van der Waals surface area contributed by atoms with Crippen LogP contribution in [0.2, 0.25) is 0 Å². The van der Waals surface area contributed by atoms with Crippen molar-refractivity contribution in [1.82, 2.24) is 19.9 Å². The van der Waals surface area contributed by atoms with Crippen LogP contribution in [0.3, 0.4) is 0 Å². The molecule has 3 heterocycles. The van der Waals surface area contributed by atoms with Crippen LogP contribution in [-0.2, 0) is 14.2 Å². The average Bonchev–Trinajstić information content (AvgIpc) is 3.21. The predicted octanol–water partition coefficient (Wildman–Crippen LogP) is 3.17. The van der Waals surface area contributed by atoms with Crippen LogP contribution >= 0.6 is 0 Å². The van der Waals surface area contributed by atoms with Gasteiger partial charge in [0.2, 0.25) is 12.2 Å². The van der Waals surface area contributed by atoms with E-state index in [1.165, 1.54) is 12.1 Å².